The van der Waals surface area contributed by atoms with E-state index >= 15 is 0 Å². The number of hydrogen-bond donors (Lipinski definition) is 0. The van der Waals surface area contributed by atoms with Crippen LogP contribution in [0, 0.1) is 6.92 Å². The van der Waals surface area contributed by atoms with E-state index in [4.69, 9.17) is 4.42 Å². The van der Waals surface area contributed by atoms with Crippen molar-refractivity contribution in [2.45, 2.75) is 13.3 Å². The molecule has 0 aliphatic heterocycles. The standard InChI is InChI=1S/C16H13NO3S/c1-10-2-4-11(5-3-10)16-17-13(8-14(18)19)15(20-16)12-6-7-21-9-12/h2-7,9H,8H2,1H3,(H,18,19)/p-1. The molecule has 0 aliphatic rings. The lowest BCUT2D eigenvalue weighted by Gasteiger charge is -1.99. The molecule has 0 spiro atoms. The third-order valence-electron chi connectivity index (χ3n) is 3.09. The van der Waals surface area contributed by atoms with E-state index in [0.29, 0.717) is 17.3 Å². The first-order valence-corrected chi connectivity index (χ1v) is 7.37. The van der Waals surface area contributed by atoms with Crippen LogP contribution in [0.4, 0.5) is 0 Å². The second-order valence-electron chi connectivity index (χ2n) is 4.72. The SMILES string of the molecule is Cc1ccc(-c2nc(CC(=O)[O-])c(-c3ccsc3)o2)cc1. The number of rotatable bonds is 4. The number of benzene rings is 1. The fraction of sp³-hybridized carbons (Fsp3) is 0.125. The molecule has 0 saturated carbocycles. The predicted octanol–water partition coefficient (Wildman–Crippen LogP) is 2.67. The number of carbonyl (C=O) groups excluding carboxylic acids is 1. The van der Waals surface area contributed by atoms with Crippen LogP contribution in [0.1, 0.15) is 11.3 Å². The predicted molar refractivity (Wildman–Crippen MR) is 78.7 cm³/mol. The first-order chi connectivity index (χ1) is 10.1. The molecule has 0 atom stereocenters. The molecule has 0 radical (unpaired) electrons. The lowest BCUT2D eigenvalue weighted by Crippen LogP contribution is -2.24. The van der Waals surface area contributed by atoms with E-state index in [1.165, 1.54) is 11.3 Å². The van der Waals surface area contributed by atoms with Gasteiger partial charge in [-0.1, -0.05) is 17.7 Å². The summed E-state index contributed by atoms with van der Waals surface area (Å²) in [6, 6.07) is 9.61. The number of aryl methyl sites for hydroxylation is 1. The average molecular weight is 298 g/mol. The van der Waals surface area contributed by atoms with E-state index in [2.05, 4.69) is 4.98 Å². The molecule has 5 heteroatoms. The van der Waals surface area contributed by atoms with Crippen LogP contribution in [0.25, 0.3) is 22.8 Å². The van der Waals surface area contributed by atoms with Crippen molar-refractivity contribution in [1.82, 2.24) is 4.98 Å². The molecule has 1 aromatic carbocycles. The number of oxazole rings is 1. The quantitative estimate of drug-likeness (QED) is 0.742. The van der Waals surface area contributed by atoms with Gasteiger partial charge < -0.3 is 14.3 Å². The van der Waals surface area contributed by atoms with Gasteiger partial charge in [-0.25, -0.2) is 4.98 Å². The highest BCUT2D eigenvalue weighted by molar-refractivity contribution is 7.08. The van der Waals surface area contributed by atoms with Gasteiger partial charge in [0, 0.05) is 28.9 Å². The van der Waals surface area contributed by atoms with Gasteiger partial charge in [0.2, 0.25) is 5.89 Å². The zero-order chi connectivity index (χ0) is 14.8. The Balaban J connectivity index is 2.07. The molecule has 3 rings (SSSR count). The molecular formula is C16H12NO3S-. The molecule has 0 N–H and O–H groups in total. The molecule has 21 heavy (non-hydrogen) atoms. The molecule has 106 valence electrons. The molecule has 0 fully saturated rings. The molecule has 3 aromatic rings. The van der Waals surface area contributed by atoms with Crippen molar-refractivity contribution in [2.75, 3.05) is 0 Å². The van der Waals surface area contributed by atoms with Crippen LogP contribution in [0.5, 0.6) is 0 Å². The van der Waals surface area contributed by atoms with Crippen molar-refractivity contribution in [3.8, 4) is 22.8 Å². The van der Waals surface area contributed by atoms with Crippen LogP contribution in [-0.4, -0.2) is 11.0 Å². The van der Waals surface area contributed by atoms with Crippen molar-refractivity contribution in [3.05, 3.63) is 52.3 Å². The summed E-state index contributed by atoms with van der Waals surface area (Å²) < 4.78 is 5.79. The van der Waals surface area contributed by atoms with E-state index in [1.807, 2.05) is 48.0 Å². The smallest absolute Gasteiger partial charge is 0.227 e. The van der Waals surface area contributed by atoms with E-state index in [1.54, 1.807) is 0 Å². The highest BCUT2D eigenvalue weighted by atomic mass is 32.1. The summed E-state index contributed by atoms with van der Waals surface area (Å²) in [4.78, 5) is 15.2. The number of nitrogens with zero attached hydrogens (tertiary/aromatic N) is 1. The van der Waals surface area contributed by atoms with Crippen LogP contribution in [0.2, 0.25) is 0 Å². The molecular weight excluding hydrogens is 286 g/mol. The molecule has 2 heterocycles. The Morgan fingerprint density at radius 1 is 1.24 bits per heavy atom. The van der Waals surface area contributed by atoms with Crippen LogP contribution in [0.15, 0.2) is 45.5 Å². The van der Waals surface area contributed by atoms with Gasteiger partial charge in [0.25, 0.3) is 0 Å². The Hall–Kier alpha value is -2.40. The van der Waals surface area contributed by atoms with Gasteiger partial charge >= 0.3 is 0 Å². The molecule has 4 nitrogen and oxygen atoms in total. The first-order valence-electron chi connectivity index (χ1n) is 6.42. The topological polar surface area (TPSA) is 66.2 Å². The van der Waals surface area contributed by atoms with Crippen LogP contribution in [-0.2, 0) is 11.2 Å². The molecule has 0 amide bonds. The zero-order valence-electron chi connectivity index (χ0n) is 11.3. The molecule has 0 unspecified atom stereocenters. The molecule has 0 saturated heterocycles. The third kappa shape index (κ3) is 2.87. The van der Waals surface area contributed by atoms with Crippen molar-refractivity contribution in [3.63, 3.8) is 0 Å². The van der Waals surface area contributed by atoms with Gasteiger partial charge in [0.1, 0.15) is 0 Å². The Morgan fingerprint density at radius 3 is 2.62 bits per heavy atom. The maximum absolute atomic E-state index is 10.9. The second kappa shape index (κ2) is 5.54. The van der Waals surface area contributed by atoms with E-state index in [9.17, 15) is 9.90 Å². The Kier molecular flexibility index (Phi) is 3.58. The van der Waals surface area contributed by atoms with Crippen molar-refractivity contribution < 1.29 is 14.3 Å². The van der Waals surface area contributed by atoms with E-state index in [-0.39, 0.29) is 6.42 Å². The zero-order valence-corrected chi connectivity index (χ0v) is 12.1. The Labute approximate surface area is 125 Å². The summed E-state index contributed by atoms with van der Waals surface area (Å²) in [5.74, 6) is -0.251. The fourth-order valence-corrected chi connectivity index (χ4v) is 2.68. The summed E-state index contributed by atoms with van der Waals surface area (Å²) in [6.45, 7) is 2.00. The van der Waals surface area contributed by atoms with E-state index in [0.717, 1.165) is 16.7 Å². The maximum atomic E-state index is 10.9. The minimum atomic E-state index is -1.17. The summed E-state index contributed by atoms with van der Waals surface area (Å²) in [7, 11) is 0. The number of thiophene rings is 1. The van der Waals surface area contributed by atoms with Gasteiger partial charge in [-0.15, -0.1) is 0 Å². The number of aromatic nitrogens is 1. The number of carboxylic acids is 1. The van der Waals surface area contributed by atoms with Gasteiger partial charge in [0.05, 0.1) is 5.69 Å². The van der Waals surface area contributed by atoms with E-state index < -0.39 is 5.97 Å². The van der Waals surface area contributed by atoms with Gasteiger partial charge in [-0.2, -0.15) is 11.3 Å². The molecule has 0 bridgehead atoms. The lowest BCUT2D eigenvalue weighted by molar-refractivity contribution is -0.304. The largest absolute Gasteiger partial charge is 0.550 e. The van der Waals surface area contributed by atoms with Crippen molar-refractivity contribution >= 4 is 17.3 Å². The summed E-state index contributed by atoms with van der Waals surface area (Å²) in [5, 5.41) is 14.7. The van der Waals surface area contributed by atoms with Crippen LogP contribution < -0.4 is 5.11 Å². The number of carbonyl (C=O) groups is 1. The van der Waals surface area contributed by atoms with Gasteiger partial charge in [-0.3, -0.25) is 0 Å². The molecule has 2 aromatic heterocycles. The summed E-state index contributed by atoms with van der Waals surface area (Å²) in [6.07, 6.45) is -0.263. The Bertz CT molecular complexity index is 757. The summed E-state index contributed by atoms with van der Waals surface area (Å²) in [5.41, 5.74) is 3.19. The average Bonchev–Trinajstić information content (AvgIpc) is 3.08. The highest BCUT2D eigenvalue weighted by Crippen LogP contribution is 2.31. The summed E-state index contributed by atoms with van der Waals surface area (Å²) >= 11 is 1.52. The minimum Gasteiger partial charge on any atom is -0.550 e. The minimum absolute atomic E-state index is 0.263. The number of carboxylic acid groups (broad SMARTS) is 1. The van der Waals surface area contributed by atoms with Crippen LogP contribution >= 0.6 is 11.3 Å². The molecule has 0 aliphatic carbocycles. The van der Waals surface area contributed by atoms with Gasteiger partial charge in [0.15, 0.2) is 5.76 Å². The van der Waals surface area contributed by atoms with Crippen LogP contribution in [0.3, 0.4) is 0 Å². The second-order valence-corrected chi connectivity index (χ2v) is 5.50. The highest BCUT2D eigenvalue weighted by Gasteiger charge is 2.16. The number of aliphatic carboxylic acids is 1. The maximum Gasteiger partial charge on any atom is 0.227 e. The van der Waals surface area contributed by atoms with Gasteiger partial charge in [-0.05, 0) is 30.5 Å². The first kappa shape index (κ1) is 13.6. The number of hydrogen-bond acceptors (Lipinski definition) is 5. The Morgan fingerprint density at radius 2 is 2.00 bits per heavy atom. The third-order valence-corrected chi connectivity index (χ3v) is 3.77. The monoisotopic (exact) mass is 298 g/mol. The van der Waals surface area contributed by atoms with Crippen molar-refractivity contribution in [2.24, 2.45) is 0 Å². The normalized spacial score (nSPS) is 10.7. The van der Waals surface area contributed by atoms with Crippen molar-refractivity contribution in [1.29, 1.82) is 0 Å². The lowest BCUT2D eigenvalue weighted by atomic mass is 10.1. The fourth-order valence-electron chi connectivity index (χ4n) is 2.05.